The highest BCUT2D eigenvalue weighted by Crippen LogP contribution is 2.32. The van der Waals surface area contributed by atoms with Crippen LogP contribution in [0.25, 0.3) is 9.75 Å². The van der Waals surface area contributed by atoms with Gasteiger partial charge >= 0.3 is 0 Å². The summed E-state index contributed by atoms with van der Waals surface area (Å²) in [5, 5.41) is 12.7. The van der Waals surface area contributed by atoms with Crippen molar-refractivity contribution in [3.05, 3.63) is 34.5 Å². The lowest BCUT2D eigenvalue weighted by Crippen LogP contribution is -1.69. The van der Waals surface area contributed by atoms with E-state index in [1.807, 2.05) is 29.0 Å². The monoisotopic (exact) mass is 191 g/mol. The summed E-state index contributed by atoms with van der Waals surface area (Å²) >= 11 is 3.29. The zero-order valence-corrected chi connectivity index (χ0v) is 7.78. The summed E-state index contributed by atoms with van der Waals surface area (Å²) in [6, 6.07) is 8.08. The lowest BCUT2D eigenvalue weighted by Gasteiger charge is -1.89. The lowest BCUT2D eigenvalue weighted by molar-refractivity contribution is 1.51. The first kappa shape index (κ1) is 7.53. The molecule has 0 radical (unpaired) electrons. The van der Waals surface area contributed by atoms with E-state index in [9.17, 15) is 0 Å². The molecule has 0 saturated carbocycles. The smallest absolute Gasteiger partial charge is 0.101 e. The van der Waals surface area contributed by atoms with E-state index >= 15 is 0 Å². The topological polar surface area (TPSA) is 23.8 Å². The van der Waals surface area contributed by atoms with E-state index in [1.165, 1.54) is 4.88 Å². The molecule has 0 bridgehead atoms. The Hall–Kier alpha value is -1.11. The number of thiophene rings is 2. The fraction of sp³-hybridized carbons (Fsp3) is 0. The standard InChI is InChI=1S/C9H5NS2/c10-6-7-3-5-12-9(7)8-2-1-4-11-8/h1-5H. The molecule has 0 aromatic carbocycles. The summed E-state index contributed by atoms with van der Waals surface area (Å²) < 4.78 is 0. The van der Waals surface area contributed by atoms with Crippen molar-refractivity contribution in [2.45, 2.75) is 0 Å². The molecule has 0 unspecified atom stereocenters. The van der Waals surface area contributed by atoms with Crippen LogP contribution < -0.4 is 0 Å². The van der Waals surface area contributed by atoms with Crippen LogP contribution in [-0.2, 0) is 0 Å². The number of hydrogen-bond donors (Lipinski definition) is 0. The van der Waals surface area contributed by atoms with E-state index in [0.717, 1.165) is 10.4 Å². The summed E-state index contributed by atoms with van der Waals surface area (Å²) in [6.45, 7) is 0. The van der Waals surface area contributed by atoms with E-state index in [1.54, 1.807) is 22.7 Å². The Labute approximate surface area is 78.5 Å². The van der Waals surface area contributed by atoms with Gasteiger partial charge in [0, 0.05) is 4.88 Å². The molecule has 1 nitrogen and oxygen atoms in total. The first-order valence-electron chi connectivity index (χ1n) is 3.43. The molecule has 58 valence electrons. The van der Waals surface area contributed by atoms with Crippen LogP contribution in [0.2, 0.25) is 0 Å². The minimum absolute atomic E-state index is 0.780. The number of hydrogen-bond acceptors (Lipinski definition) is 3. The van der Waals surface area contributed by atoms with E-state index in [0.29, 0.717) is 0 Å². The highest BCUT2D eigenvalue weighted by Gasteiger charge is 2.05. The molecule has 2 aromatic rings. The van der Waals surface area contributed by atoms with Gasteiger partial charge in [0.2, 0.25) is 0 Å². The van der Waals surface area contributed by atoms with E-state index < -0.39 is 0 Å². The highest BCUT2D eigenvalue weighted by atomic mass is 32.1. The molecule has 0 amide bonds. The zero-order chi connectivity index (χ0) is 8.39. The third kappa shape index (κ3) is 1.15. The molecule has 0 aliphatic carbocycles. The molecule has 0 saturated heterocycles. The van der Waals surface area contributed by atoms with Gasteiger partial charge in [-0.25, -0.2) is 0 Å². The molecule has 0 fully saturated rings. The summed E-state index contributed by atoms with van der Waals surface area (Å²) in [4.78, 5) is 2.27. The number of rotatable bonds is 1. The summed E-state index contributed by atoms with van der Waals surface area (Å²) in [5.74, 6) is 0. The van der Waals surface area contributed by atoms with Crippen LogP contribution in [0.4, 0.5) is 0 Å². The van der Waals surface area contributed by atoms with Crippen molar-refractivity contribution < 1.29 is 0 Å². The van der Waals surface area contributed by atoms with Crippen LogP contribution in [0.5, 0.6) is 0 Å². The molecule has 2 aromatic heterocycles. The Bertz CT molecular complexity index is 406. The van der Waals surface area contributed by atoms with Crippen molar-refractivity contribution in [1.29, 1.82) is 5.26 Å². The van der Waals surface area contributed by atoms with Gasteiger partial charge in [-0.2, -0.15) is 5.26 Å². The molecule has 2 heterocycles. The second kappa shape index (κ2) is 3.10. The van der Waals surface area contributed by atoms with Crippen molar-refractivity contribution in [3.8, 4) is 15.8 Å². The van der Waals surface area contributed by atoms with Crippen molar-refractivity contribution in [2.24, 2.45) is 0 Å². The van der Waals surface area contributed by atoms with Gasteiger partial charge in [0.05, 0.1) is 10.4 Å². The molecule has 0 spiro atoms. The van der Waals surface area contributed by atoms with Crippen molar-refractivity contribution in [1.82, 2.24) is 0 Å². The quantitative estimate of drug-likeness (QED) is 0.678. The Morgan fingerprint density at radius 2 is 2.08 bits per heavy atom. The van der Waals surface area contributed by atoms with Gasteiger partial charge < -0.3 is 0 Å². The summed E-state index contributed by atoms with van der Waals surface area (Å²) in [5.41, 5.74) is 0.780. The van der Waals surface area contributed by atoms with Crippen molar-refractivity contribution in [3.63, 3.8) is 0 Å². The minimum Gasteiger partial charge on any atom is -0.192 e. The zero-order valence-electron chi connectivity index (χ0n) is 6.15. The predicted octanol–water partition coefficient (Wildman–Crippen LogP) is 3.35. The molecule has 0 aliphatic rings. The van der Waals surface area contributed by atoms with Crippen LogP contribution >= 0.6 is 22.7 Å². The molecular weight excluding hydrogens is 186 g/mol. The first-order valence-corrected chi connectivity index (χ1v) is 5.19. The Morgan fingerprint density at radius 3 is 2.75 bits per heavy atom. The maximum absolute atomic E-state index is 8.77. The van der Waals surface area contributed by atoms with Gasteiger partial charge in [-0.15, -0.1) is 22.7 Å². The minimum atomic E-state index is 0.780. The van der Waals surface area contributed by atoms with Gasteiger partial charge in [0.1, 0.15) is 6.07 Å². The molecule has 2 rings (SSSR count). The molecule has 0 N–H and O–H groups in total. The largest absolute Gasteiger partial charge is 0.192 e. The van der Waals surface area contributed by atoms with E-state index in [-0.39, 0.29) is 0 Å². The van der Waals surface area contributed by atoms with Crippen molar-refractivity contribution >= 4 is 22.7 Å². The second-order valence-corrected chi connectivity index (χ2v) is 4.12. The fourth-order valence-corrected chi connectivity index (χ4v) is 2.73. The number of nitrogens with zero attached hydrogens (tertiary/aromatic N) is 1. The third-order valence-electron chi connectivity index (χ3n) is 1.53. The predicted molar refractivity (Wildman–Crippen MR) is 52.3 cm³/mol. The lowest BCUT2D eigenvalue weighted by atomic mass is 10.2. The van der Waals surface area contributed by atoms with Crippen molar-refractivity contribution in [2.75, 3.05) is 0 Å². The van der Waals surface area contributed by atoms with Crippen LogP contribution in [0, 0.1) is 11.3 Å². The van der Waals surface area contributed by atoms with Crippen LogP contribution in [0.15, 0.2) is 29.0 Å². The van der Waals surface area contributed by atoms with Crippen LogP contribution in [-0.4, -0.2) is 0 Å². The van der Waals surface area contributed by atoms with Crippen LogP contribution in [0.1, 0.15) is 5.56 Å². The summed E-state index contributed by atoms with van der Waals surface area (Å²) in [7, 11) is 0. The maximum atomic E-state index is 8.77. The van der Waals surface area contributed by atoms with Gasteiger partial charge in [0.15, 0.2) is 0 Å². The van der Waals surface area contributed by atoms with Gasteiger partial charge in [-0.05, 0) is 22.9 Å². The van der Waals surface area contributed by atoms with Gasteiger partial charge in [-0.3, -0.25) is 0 Å². The molecule has 3 heteroatoms. The third-order valence-corrected chi connectivity index (χ3v) is 3.49. The summed E-state index contributed by atoms with van der Waals surface area (Å²) in [6.07, 6.45) is 0. The highest BCUT2D eigenvalue weighted by molar-refractivity contribution is 7.20. The Kier molecular flexibility index (Phi) is 1.94. The fourth-order valence-electron chi connectivity index (χ4n) is 0.996. The Balaban J connectivity index is 2.55. The van der Waals surface area contributed by atoms with E-state index in [4.69, 9.17) is 5.26 Å². The average molecular weight is 191 g/mol. The number of nitriles is 1. The van der Waals surface area contributed by atoms with E-state index in [2.05, 4.69) is 6.07 Å². The first-order chi connectivity index (χ1) is 5.92. The van der Waals surface area contributed by atoms with Gasteiger partial charge in [-0.1, -0.05) is 6.07 Å². The second-order valence-electron chi connectivity index (χ2n) is 2.25. The Morgan fingerprint density at radius 1 is 1.17 bits per heavy atom. The molecular formula is C9H5NS2. The molecule has 12 heavy (non-hydrogen) atoms. The average Bonchev–Trinajstić information content (AvgIpc) is 2.74. The normalized spacial score (nSPS) is 9.58. The van der Waals surface area contributed by atoms with Gasteiger partial charge in [0.25, 0.3) is 0 Å². The SMILES string of the molecule is N#Cc1ccsc1-c1cccs1. The molecule has 0 aliphatic heterocycles. The van der Waals surface area contributed by atoms with Crippen LogP contribution in [0.3, 0.4) is 0 Å². The maximum Gasteiger partial charge on any atom is 0.101 e. The molecule has 0 atom stereocenters.